The van der Waals surface area contributed by atoms with Gasteiger partial charge in [-0.05, 0) is 48.2 Å². The highest BCUT2D eigenvalue weighted by atomic mass is 19.1. The predicted molar refractivity (Wildman–Crippen MR) is 104 cm³/mol. The Morgan fingerprint density at radius 1 is 0.963 bits per heavy atom. The minimum atomic E-state index is -0.226. The van der Waals surface area contributed by atoms with Crippen molar-refractivity contribution in [2.45, 2.75) is 12.8 Å². The summed E-state index contributed by atoms with van der Waals surface area (Å²) in [5, 5.41) is 14.4. The number of benzene rings is 2. The second-order valence-electron chi connectivity index (χ2n) is 6.00. The third-order valence-electron chi connectivity index (χ3n) is 4.02. The standard InChI is InChI=1S/C20H22FN5O/c1-27-18-4-2-3-16(13-18)10-12-23-20-25-19(14-24-26-20)22-11-9-15-5-7-17(21)8-6-15/h2-8,13-14H,9-12H2,1H3,(H2,22,23,25,26). The fourth-order valence-electron chi connectivity index (χ4n) is 2.60. The van der Waals surface area contributed by atoms with E-state index in [1.54, 1.807) is 25.4 Å². The van der Waals surface area contributed by atoms with Gasteiger partial charge in [0.25, 0.3) is 0 Å². The minimum Gasteiger partial charge on any atom is -0.497 e. The summed E-state index contributed by atoms with van der Waals surface area (Å²) in [5.41, 5.74) is 2.23. The maximum atomic E-state index is 12.9. The van der Waals surface area contributed by atoms with Gasteiger partial charge in [0.1, 0.15) is 11.6 Å². The number of halogens is 1. The number of hydrogen-bond donors (Lipinski definition) is 2. The monoisotopic (exact) mass is 367 g/mol. The van der Waals surface area contributed by atoms with E-state index in [4.69, 9.17) is 4.74 Å². The molecule has 0 aliphatic carbocycles. The Morgan fingerprint density at radius 3 is 2.56 bits per heavy atom. The average Bonchev–Trinajstić information content (AvgIpc) is 2.70. The Morgan fingerprint density at radius 2 is 1.74 bits per heavy atom. The summed E-state index contributed by atoms with van der Waals surface area (Å²) < 4.78 is 18.1. The zero-order valence-electron chi connectivity index (χ0n) is 15.2. The molecule has 140 valence electrons. The van der Waals surface area contributed by atoms with Crippen LogP contribution >= 0.6 is 0 Å². The van der Waals surface area contributed by atoms with Crippen LogP contribution in [0.4, 0.5) is 16.2 Å². The van der Waals surface area contributed by atoms with Crippen molar-refractivity contribution < 1.29 is 9.13 Å². The van der Waals surface area contributed by atoms with Crippen LogP contribution in [-0.2, 0) is 12.8 Å². The maximum absolute atomic E-state index is 12.9. The van der Waals surface area contributed by atoms with Gasteiger partial charge in [-0.3, -0.25) is 0 Å². The molecule has 0 atom stereocenters. The van der Waals surface area contributed by atoms with E-state index >= 15 is 0 Å². The van der Waals surface area contributed by atoms with Gasteiger partial charge in [0.2, 0.25) is 5.95 Å². The molecule has 0 aliphatic rings. The van der Waals surface area contributed by atoms with Crippen LogP contribution in [0.25, 0.3) is 0 Å². The molecule has 3 aromatic rings. The number of ether oxygens (including phenoxy) is 1. The smallest absolute Gasteiger partial charge is 0.244 e. The van der Waals surface area contributed by atoms with Crippen LogP contribution < -0.4 is 15.4 Å². The van der Waals surface area contributed by atoms with Gasteiger partial charge in [-0.25, -0.2) is 4.39 Å². The molecule has 2 N–H and O–H groups in total. The molecular formula is C20H22FN5O. The first kappa shape index (κ1) is 18.6. The number of nitrogens with one attached hydrogen (secondary N) is 2. The van der Waals surface area contributed by atoms with E-state index in [0.29, 0.717) is 24.9 Å². The molecule has 0 spiro atoms. The molecule has 2 aromatic carbocycles. The van der Waals surface area contributed by atoms with Gasteiger partial charge in [-0.2, -0.15) is 10.1 Å². The molecule has 0 bridgehead atoms. The number of anilines is 2. The third-order valence-corrected chi connectivity index (χ3v) is 4.02. The van der Waals surface area contributed by atoms with Crippen LogP contribution in [0.1, 0.15) is 11.1 Å². The quantitative estimate of drug-likeness (QED) is 0.604. The molecule has 0 aliphatic heterocycles. The van der Waals surface area contributed by atoms with E-state index in [9.17, 15) is 4.39 Å². The first-order valence-corrected chi connectivity index (χ1v) is 8.78. The van der Waals surface area contributed by atoms with Gasteiger partial charge in [0, 0.05) is 13.1 Å². The van der Waals surface area contributed by atoms with Gasteiger partial charge in [0.05, 0.1) is 13.3 Å². The molecule has 1 aromatic heterocycles. The SMILES string of the molecule is COc1cccc(CCNc2nncc(NCCc3ccc(F)cc3)n2)c1. The Bertz CT molecular complexity index is 857. The highest BCUT2D eigenvalue weighted by Crippen LogP contribution is 2.13. The molecule has 0 amide bonds. The fourth-order valence-corrected chi connectivity index (χ4v) is 2.60. The van der Waals surface area contributed by atoms with Crippen LogP contribution in [0.5, 0.6) is 5.75 Å². The van der Waals surface area contributed by atoms with Crippen LogP contribution in [0.2, 0.25) is 0 Å². The van der Waals surface area contributed by atoms with Gasteiger partial charge < -0.3 is 15.4 Å². The molecular weight excluding hydrogens is 345 g/mol. The summed E-state index contributed by atoms with van der Waals surface area (Å²) in [7, 11) is 1.66. The molecule has 6 nitrogen and oxygen atoms in total. The van der Waals surface area contributed by atoms with Crippen LogP contribution in [0.15, 0.2) is 54.7 Å². The Hall–Kier alpha value is -3.22. The van der Waals surface area contributed by atoms with Crippen molar-refractivity contribution in [3.63, 3.8) is 0 Å². The lowest BCUT2D eigenvalue weighted by Crippen LogP contribution is -2.12. The minimum absolute atomic E-state index is 0.226. The Kier molecular flexibility index (Phi) is 6.51. The molecule has 1 heterocycles. The van der Waals surface area contributed by atoms with Crippen molar-refractivity contribution in [1.29, 1.82) is 0 Å². The van der Waals surface area contributed by atoms with Gasteiger partial charge in [-0.15, -0.1) is 5.10 Å². The van der Waals surface area contributed by atoms with E-state index in [0.717, 1.165) is 24.2 Å². The second kappa shape index (κ2) is 9.47. The van der Waals surface area contributed by atoms with Gasteiger partial charge >= 0.3 is 0 Å². The van der Waals surface area contributed by atoms with Crippen molar-refractivity contribution in [3.8, 4) is 5.75 Å². The molecule has 7 heteroatoms. The van der Waals surface area contributed by atoms with Crippen molar-refractivity contribution in [2.24, 2.45) is 0 Å². The molecule has 0 fully saturated rings. The lowest BCUT2D eigenvalue weighted by atomic mass is 10.1. The zero-order valence-corrected chi connectivity index (χ0v) is 15.2. The second-order valence-corrected chi connectivity index (χ2v) is 6.00. The van der Waals surface area contributed by atoms with Crippen LogP contribution in [0, 0.1) is 5.82 Å². The summed E-state index contributed by atoms with van der Waals surface area (Å²) in [6, 6.07) is 14.4. The van der Waals surface area contributed by atoms with Gasteiger partial charge in [0.15, 0.2) is 5.82 Å². The summed E-state index contributed by atoms with van der Waals surface area (Å²) >= 11 is 0. The van der Waals surface area contributed by atoms with E-state index < -0.39 is 0 Å². The molecule has 0 unspecified atom stereocenters. The summed E-state index contributed by atoms with van der Waals surface area (Å²) in [6.07, 6.45) is 3.17. The molecule has 0 radical (unpaired) electrons. The normalized spacial score (nSPS) is 10.4. The average molecular weight is 367 g/mol. The molecule has 3 rings (SSSR count). The van der Waals surface area contributed by atoms with Crippen LogP contribution in [0.3, 0.4) is 0 Å². The van der Waals surface area contributed by atoms with E-state index in [2.05, 4.69) is 31.9 Å². The van der Waals surface area contributed by atoms with Crippen LogP contribution in [-0.4, -0.2) is 35.4 Å². The van der Waals surface area contributed by atoms with E-state index in [-0.39, 0.29) is 5.82 Å². The highest BCUT2D eigenvalue weighted by Gasteiger charge is 2.02. The lowest BCUT2D eigenvalue weighted by molar-refractivity contribution is 0.414. The van der Waals surface area contributed by atoms with Gasteiger partial charge in [-0.1, -0.05) is 24.3 Å². The predicted octanol–water partition coefficient (Wildman–Crippen LogP) is 3.33. The lowest BCUT2D eigenvalue weighted by Gasteiger charge is -2.08. The zero-order chi connectivity index (χ0) is 18.9. The number of methoxy groups -OCH3 is 1. The van der Waals surface area contributed by atoms with Crippen molar-refractivity contribution >= 4 is 11.8 Å². The summed E-state index contributed by atoms with van der Waals surface area (Å²) in [4.78, 5) is 4.40. The van der Waals surface area contributed by atoms with Crippen molar-refractivity contribution in [1.82, 2.24) is 15.2 Å². The molecule has 0 saturated carbocycles. The topological polar surface area (TPSA) is 72.0 Å². The first-order valence-electron chi connectivity index (χ1n) is 8.78. The van der Waals surface area contributed by atoms with Crippen molar-refractivity contribution in [2.75, 3.05) is 30.8 Å². The molecule has 27 heavy (non-hydrogen) atoms. The van der Waals surface area contributed by atoms with E-state index in [1.165, 1.54) is 17.7 Å². The Balaban J connectivity index is 1.46. The van der Waals surface area contributed by atoms with Crippen molar-refractivity contribution in [3.05, 3.63) is 71.7 Å². The summed E-state index contributed by atoms with van der Waals surface area (Å²) in [5.74, 6) is 1.75. The Labute approximate surface area is 157 Å². The summed E-state index contributed by atoms with van der Waals surface area (Å²) in [6.45, 7) is 1.36. The number of rotatable bonds is 9. The number of aromatic nitrogens is 3. The maximum Gasteiger partial charge on any atom is 0.244 e. The fraction of sp³-hybridized carbons (Fsp3) is 0.250. The number of hydrogen-bond acceptors (Lipinski definition) is 6. The van der Waals surface area contributed by atoms with E-state index in [1.807, 2.05) is 18.2 Å². The third kappa shape index (κ3) is 5.91. The largest absolute Gasteiger partial charge is 0.497 e. The first-order chi connectivity index (χ1) is 13.2. The molecule has 0 saturated heterocycles. The number of nitrogens with zero attached hydrogens (tertiary/aromatic N) is 3. The highest BCUT2D eigenvalue weighted by molar-refractivity contribution is 5.37.